The van der Waals surface area contributed by atoms with Crippen LogP contribution >= 0.6 is 0 Å². The van der Waals surface area contributed by atoms with Crippen LogP contribution in [0.4, 0.5) is 4.79 Å². The van der Waals surface area contributed by atoms with Crippen molar-refractivity contribution in [2.75, 3.05) is 20.2 Å². The maximum absolute atomic E-state index is 12.7. The predicted molar refractivity (Wildman–Crippen MR) is 146 cm³/mol. The zero-order valence-electron chi connectivity index (χ0n) is 22.5. The number of likely N-dealkylation sites (tertiary alicyclic amines) is 1. The number of nitrogens with zero attached hydrogens (tertiary/aromatic N) is 4. The molecule has 2 atom stereocenters. The Morgan fingerprint density at radius 1 is 1.08 bits per heavy atom. The van der Waals surface area contributed by atoms with Crippen molar-refractivity contribution in [2.24, 2.45) is 0 Å². The van der Waals surface area contributed by atoms with Gasteiger partial charge < -0.3 is 24.0 Å². The van der Waals surface area contributed by atoms with Crippen LogP contribution in [0.3, 0.4) is 0 Å². The third-order valence-corrected chi connectivity index (χ3v) is 7.18. The van der Waals surface area contributed by atoms with E-state index in [1.807, 2.05) is 67.1 Å². The van der Waals surface area contributed by atoms with E-state index in [1.54, 1.807) is 12.0 Å². The second kappa shape index (κ2) is 10.5. The third-order valence-electron chi connectivity index (χ3n) is 7.18. The van der Waals surface area contributed by atoms with Crippen molar-refractivity contribution in [3.8, 4) is 17.1 Å². The second-order valence-corrected chi connectivity index (χ2v) is 10.3. The van der Waals surface area contributed by atoms with E-state index in [1.165, 1.54) is 0 Å². The van der Waals surface area contributed by atoms with Crippen LogP contribution in [0.25, 0.3) is 22.3 Å². The molecule has 1 aliphatic heterocycles. The molecule has 4 heterocycles. The van der Waals surface area contributed by atoms with Gasteiger partial charge in [-0.3, -0.25) is 0 Å². The molecule has 1 amide bonds. The summed E-state index contributed by atoms with van der Waals surface area (Å²) in [6.45, 7) is 9.00. The van der Waals surface area contributed by atoms with Crippen molar-refractivity contribution in [3.63, 3.8) is 0 Å². The Hall–Kier alpha value is -3.91. The number of amides is 1. The quantitative estimate of drug-likeness (QED) is 0.371. The van der Waals surface area contributed by atoms with Crippen molar-refractivity contribution in [1.82, 2.24) is 19.4 Å². The number of ether oxygens (including phenoxy) is 2. The van der Waals surface area contributed by atoms with E-state index in [0.29, 0.717) is 18.3 Å². The number of pyridine rings is 2. The Labute approximate surface area is 222 Å². The molecule has 8 nitrogen and oxygen atoms in total. The Morgan fingerprint density at radius 3 is 2.55 bits per heavy atom. The van der Waals surface area contributed by atoms with Crippen molar-refractivity contribution in [1.29, 1.82) is 0 Å². The highest BCUT2D eigenvalue weighted by atomic mass is 16.6. The van der Waals surface area contributed by atoms with Crippen LogP contribution in [0.5, 0.6) is 5.88 Å². The molecule has 2 unspecified atom stereocenters. The lowest BCUT2D eigenvalue weighted by atomic mass is 10.0. The Bertz CT molecular complexity index is 1460. The zero-order valence-corrected chi connectivity index (χ0v) is 22.5. The van der Waals surface area contributed by atoms with E-state index < -0.39 is 12.2 Å². The first-order chi connectivity index (χ1) is 18.3. The number of aliphatic hydroxyl groups excluding tert-OH is 1. The summed E-state index contributed by atoms with van der Waals surface area (Å²) in [5, 5.41) is 10.9. The number of hydrogen-bond donors (Lipinski definition) is 1. The molecule has 4 aromatic rings. The summed E-state index contributed by atoms with van der Waals surface area (Å²) in [5.74, 6) is 0.845. The Balaban J connectivity index is 1.42. The minimum absolute atomic E-state index is 0.199. The van der Waals surface area contributed by atoms with Gasteiger partial charge in [-0.2, -0.15) is 0 Å². The molecule has 1 aromatic carbocycles. The summed E-state index contributed by atoms with van der Waals surface area (Å²) < 4.78 is 13.2. The molecule has 0 radical (unpaired) electrons. The number of benzene rings is 1. The number of rotatable bonds is 6. The van der Waals surface area contributed by atoms with Gasteiger partial charge in [-0.1, -0.05) is 44.2 Å². The van der Waals surface area contributed by atoms with Crippen molar-refractivity contribution >= 4 is 17.1 Å². The van der Waals surface area contributed by atoms with E-state index in [-0.39, 0.29) is 19.2 Å². The number of fused-ring (bicyclic) bond motifs is 1. The number of methoxy groups -OCH3 is 1. The van der Waals surface area contributed by atoms with Crippen LogP contribution < -0.4 is 4.74 Å². The monoisotopic (exact) mass is 514 g/mol. The summed E-state index contributed by atoms with van der Waals surface area (Å²) in [5.41, 5.74) is 7.27. The van der Waals surface area contributed by atoms with Crippen molar-refractivity contribution < 1.29 is 19.4 Å². The van der Waals surface area contributed by atoms with Crippen molar-refractivity contribution in [3.05, 3.63) is 77.1 Å². The molecule has 38 heavy (non-hydrogen) atoms. The van der Waals surface area contributed by atoms with Gasteiger partial charge in [0.1, 0.15) is 6.61 Å². The number of aromatic nitrogens is 3. The highest BCUT2D eigenvalue weighted by Crippen LogP contribution is 2.35. The number of aryl methyl sites for hydroxylation is 2. The first kappa shape index (κ1) is 25.7. The van der Waals surface area contributed by atoms with Gasteiger partial charge >= 0.3 is 6.09 Å². The summed E-state index contributed by atoms with van der Waals surface area (Å²) in [6, 6.07) is 15.4. The molecule has 8 heteroatoms. The van der Waals surface area contributed by atoms with Crippen LogP contribution in [0.2, 0.25) is 0 Å². The maximum atomic E-state index is 12.7. The average molecular weight is 515 g/mol. The Morgan fingerprint density at radius 2 is 1.84 bits per heavy atom. The Kier molecular flexibility index (Phi) is 7.08. The van der Waals surface area contributed by atoms with Crippen LogP contribution in [0, 0.1) is 13.8 Å². The number of β-amino-alcohol motifs (C(OH)–C–C–N with tert-alkyl or cyclic N) is 1. The highest BCUT2D eigenvalue weighted by Gasteiger charge is 2.37. The molecule has 1 fully saturated rings. The number of carbonyl (C=O) groups is 1. The van der Waals surface area contributed by atoms with E-state index in [4.69, 9.17) is 19.4 Å². The lowest BCUT2D eigenvalue weighted by Crippen LogP contribution is -2.30. The van der Waals surface area contributed by atoms with Gasteiger partial charge in [0, 0.05) is 18.4 Å². The highest BCUT2D eigenvalue weighted by molar-refractivity contribution is 5.85. The number of aliphatic hydroxyl groups is 1. The fourth-order valence-electron chi connectivity index (χ4n) is 5.09. The van der Waals surface area contributed by atoms with Crippen LogP contribution in [-0.2, 0) is 11.3 Å². The molecular weight excluding hydrogens is 480 g/mol. The summed E-state index contributed by atoms with van der Waals surface area (Å²) >= 11 is 0. The minimum atomic E-state index is -0.720. The zero-order chi connectivity index (χ0) is 27.0. The van der Waals surface area contributed by atoms with E-state index >= 15 is 0 Å². The fraction of sp³-hybridized carbons (Fsp3) is 0.367. The molecule has 0 bridgehead atoms. The lowest BCUT2D eigenvalue weighted by molar-refractivity contribution is 0.0968. The molecule has 0 aliphatic carbocycles. The fourth-order valence-corrected chi connectivity index (χ4v) is 5.09. The van der Waals surface area contributed by atoms with Gasteiger partial charge in [0.2, 0.25) is 5.88 Å². The maximum Gasteiger partial charge on any atom is 0.410 e. The normalized spacial score (nSPS) is 17.4. The molecule has 1 aliphatic rings. The molecule has 0 saturated carbocycles. The standard InChI is InChI=1S/C30H34N4O4/c1-18(2)23-12-11-22(29(31-23)37-5)27-19(3)13-24-28(32-27)20(4)14-34(24)25-15-33(16-26(25)35)30(36)38-17-21-9-7-6-8-10-21/h6-14,18,25-26,35H,15-17H2,1-5H3. The van der Waals surface area contributed by atoms with Gasteiger partial charge in [-0.15, -0.1) is 0 Å². The van der Waals surface area contributed by atoms with Crippen molar-refractivity contribution in [2.45, 2.75) is 52.4 Å². The summed E-state index contributed by atoms with van der Waals surface area (Å²) in [6.07, 6.45) is 0.858. The first-order valence-corrected chi connectivity index (χ1v) is 12.9. The third kappa shape index (κ3) is 4.84. The van der Waals surface area contributed by atoms with Crippen LogP contribution in [-0.4, -0.2) is 56.9 Å². The van der Waals surface area contributed by atoms with E-state index in [0.717, 1.165) is 44.7 Å². The minimum Gasteiger partial charge on any atom is -0.480 e. The molecule has 5 rings (SSSR count). The SMILES string of the molecule is COc1nc(C(C)C)ccc1-c1nc2c(C)cn(C3CN(C(=O)OCc4ccccc4)CC3O)c2cc1C. The van der Waals surface area contributed by atoms with Gasteiger partial charge in [0.25, 0.3) is 0 Å². The van der Waals surface area contributed by atoms with Gasteiger partial charge in [-0.25, -0.2) is 14.8 Å². The van der Waals surface area contributed by atoms with Gasteiger partial charge in [-0.05, 0) is 54.7 Å². The molecule has 0 spiro atoms. The van der Waals surface area contributed by atoms with Crippen LogP contribution in [0.15, 0.2) is 54.7 Å². The molecular formula is C30H34N4O4. The second-order valence-electron chi connectivity index (χ2n) is 10.3. The molecule has 1 saturated heterocycles. The largest absolute Gasteiger partial charge is 0.480 e. The molecule has 1 N–H and O–H groups in total. The van der Waals surface area contributed by atoms with Gasteiger partial charge in [0.05, 0.1) is 48.1 Å². The molecule has 3 aromatic heterocycles. The van der Waals surface area contributed by atoms with Gasteiger partial charge in [0.15, 0.2) is 0 Å². The average Bonchev–Trinajstić information content (AvgIpc) is 3.45. The van der Waals surface area contributed by atoms with E-state index in [9.17, 15) is 9.90 Å². The predicted octanol–water partition coefficient (Wildman–Crippen LogP) is 5.40. The number of carbonyl (C=O) groups excluding carboxylic acids is 1. The topological polar surface area (TPSA) is 89.7 Å². The van der Waals surface area contributed by atoms with E-state index in [2.05, 4.69) is 19.9 Å². The first-order valence-electron chi connectivity index (χ1n) is 12.9. The molecule has 198 valence electrons. The summed E-state index contributed by atoms with van der Waals surface area (Å²) in [7, 11) is 1.63. The summed E-state index contributed by atoms with van der Waals surface area (Å²) in [4.78, 5) is 24.0. The number of hydrogen-bond acceptors (Lipinski definition) is 6. The van der Waals surface area contributed by atoms with Crippen LogP contribution in [0.1, 0.15) is 48.2 Å². The smallest absolute Gasteiger partial charge is 0.410 e. The lowest BCUT2D eigenvalue weighted by Gasteiger charge is -2.18.